The molecule has 0 atom stereocenters. The minimum Gasteiger partial charge on any atom is -0.356 e. The zero-order valence-corrected chi connectivity index (χ0v) is 12.3. The molecule has 0 saturated carbocycles. The van der Waals surface area contributed by atoms with Crippen molar-refractivity contribution < 1.29 is 0 Å². The van der Waals surface area contributed by atoms with Gasteiger partial charge >= 0.3 is 0 Å². The van der Waals surface area contributed by atoms with Crippen molar-refractivity contribution in [1.29, 1.82) is 0 Å². The summed E-state index contributed by atoms with van der Waals surface area (Å²) in [4.78, 5) is 4.21. The van der Waals surface area contributed by atoms with Gasteiger partial charge in [0.05, 0.1) is 0 Å². The van der Waals surface area contributed by atoms with E-state index in [-0.39, 0.29) is 0 Å². The van der Waals surface area contributed by atoms with Crippen LogP contribution in [0.1, 0.15) is 26.7 Å². The van der Waals surface area contributed by atoms with E-state index in [1.54, 1.807) is 0 Å². The lowest BCUT2D eigenvalue weighted by molar-refractivity contribution is 0.482. The standard InChI is InChI=1S/C13H27N3S/c1-5-9-17-10-8-15-13(14-4)16-11-12(6-2)7-3/h5,12H,1,6-11H2,2-4H3,(H2,14,15,16). The van der Waals surface area contributed by atoms with Crippen molar-refractivity contribution in [1.82, 2.24) is 10.6 Å². The van der Waals surface area contributed by atoms with Crippen LogP contribution >= 0.6 is 11.8 Å². The van der Waals surface area contributed by atoms with Crippen LogP contribution in [-0.4, -0.2) is 37.6 Å². The maximum Gasteiger partial charge on any atom is 0.191 e. The lowest BCUT2D eigenvalue weighted by Crippen LogP contribution is -2.40. The number of rotatable bonds is 9. The van der Waals surface area contributed by atoms with Crippen LogP contribution < -0.4 is 10.6 Å². The van der Waals surface area contributed by atoms with Crippen molar-refractivity contribution in [3.63, 3.8) is 0 Å². The molecule has 0 aliphatic rings. The first-order valence-corrected chi connectivity index (χ1v) is 7.57. The van der Waals surface area contributed by atoms with E-state index in [2.05, 4.69) is 36.1 Å². The van der Waals surface area contributed by atoms with Crippen molar-refractivity contribution in [2.75, 3.05) is 31.6 Å². The molecule has 0 aromatic rings. The number of guanidine groups is 1. The highest BCUT2D eigenvalue weighted by atomic mass is 32.2. The molecule has 0 aliphatic carbocycles. The number of hydrogen-bond donors (Lipinski definition) is 2. The van der Waals surface area contributed by atoms with E-state index in [0.717, 1.165) is 36.5 Å². The van der Waals surface area contributed by atoms with Gasteiger partial charge in [-0.25, -0.2) is 0 Å². The van der Waals surface area contributed by atoms with Crippen LogP contribution in [0.15, 0.2) is 17.6 Å². The van der Waals surface area contributed by atoms with E-state index >= 15 is 0 Å². The molecule has 0 rings (SSSR count). The second-order valence-corrected chi connectivity index (χ2v) is 5.08. The van der Waals surface area contributed by atoms with Gasteiger partial charge in [0.2, 0.25) is 0 Å². The highest BCUT2D eigenvalue weighted by Crippen LogP contribution is 2.04. The van der Waals surface area contributed by atoms with Crippen molar-refractivity contribution in [2.45, 2.75) is 26.7 Å². The van der Waals surface area contributed by atoms with Gasteiger partial charge in [-0.3, -0.25) is 4.99 Å². The number of hydrogen-bond acceptors (Lipinski definition) is 2. The molecular formula is C13H27N3S. The average molecular weight is 257 g/mol. The average Bonchev–Trinajstić information content (AvgIpc) is 2.37. The molecule has 17 heavy (non-hydrogen) atoms. The number of thioether (sulfide) groups is 1. The summed E-state index contributed by atoms with van der Waals surface area (Å²) in [6.45, 7) is 10.1. The summed E-state index contributed by atoms with van der Waals surface area (Å²) in [7, 11) is 1.82. The summed E-state index contributed by atoms with van der Waals surface area (Å²) in [6.07, 6.45) is 4.37. The maximum atomic E-state index is 4.21. The molecule has 0 saturated heterocycles. The van der Waals surface area contributed by atoms with Crippen LogP contribution in [0.4, 0.5) is 0 Å². The molecule has 0 aromatic heterocycles. The van der Waals surface area contributed by atoms with Crippen molar-refractivity contribution in [3.8, 4) is 0 Å². The molecule has 3 nitrogen and oxygen atoms in total. The molecule has 0 amide bonds. The Hall–Kier alpha value is -0.640. The number of nitrogens with zero attached hydrogens (tertiary/aromatic N) is 1. The van der Waals surface area contributed by atoms with Gasteiger partial charge in [-0.1, -0.05) is 32.8 Å². The van der Waals surface area contributed by atoms with E-state index in [4.69, 9.17) is 0 Å². The van der Waals surface area contributed by atoms with Gasteiger partial charge in [0.25, 0.3) is 0 Å². The SMILES string of the molecule is C=CCSCCNC(=NC)NCC(CC)CC. The van der Waals surface area contributed by atoms with Crippen LogP contribution in [0.2, 0.25) is 0 Å². The first kappa shape index (κ1) is 16.4. The third-order valence-electron chi connectivity index (χ3n) is 2.71. The van der Waals surface area contributed by atoms with Gasteiger partial charge in [-0.15, -0.1) is 6.58 Å². The zero-order chi connectivity index (χ0) is 12.9. The van der Waals surface area contributed by atoms with E-state index in [1.807, 2.05) is 24.9 Å². The summed E-state index contributed by atoms with van der Waals surface area (Å²) < 4.78 is 0. The smallest absolute Gasteiger partial charge is 0.191 e. The fourth-order valence-corrected chi connectivity index (χ4v) is 2.03. The van der Waals surface area contributed by atoms with E-state index in [9.17, 15) is 0 Å². The Morgan fingerprint density at radius 1 is 1.35 bits per heavy atom. The molecule has 0 bridgehead atoms. The number of nitrogens with one attached hydrogen (secondary N) is 2. The molecule has 2 N–H and O–H groups in total. The van der Waals surface area contributed by atoms with Crippen molar-refractivity contribution >= 4 is 17.7 Å². The fraction of sp³-hybridized carbons (Fsp3) is 0.769. The molecule has 0 heterocycles. The molecule has 0 radical (unpaired) electrons. The minimum atomic E-state index is 0.740. The third-order valence-corrected chi connectivity index (χ3v) is 3.68. The first-order valence-electron chi connectivity index (χ1n) is 6.41. The van der Waals surface area contributed by atoms with Crippen LogP contribution in [-0.2, 0) is 0 Å². The Labute approximate surface area is 111 Å². The number of aliphatic imine (C=N–C) groups is 1. The lowest BCUT2D eigenvalue weighted by Gasteiger charge is -2.16. The molecule has 0 aliphatic heterocycles. The monoisotopic (exact) mass is 257 g/mol. The van der Waals surface area contributed by atoms with Gasteiger partial charge in [-0.2, -0.15) is 11.8 Å². The molecule has 0 spiro atoms. The molecule has 0 fully saturated rings. The van der Waals surface area contributed by atoms with Gasteiger partial charge in [-0.05, 0) is 5.92 Å². The predicted octanol–water partition coefficient (Wildman–Crippen LogP) is 2.51. The van der Waals surface area contributed by atoms with E-state index in [1.165, 1.54) is 12.8 Å². The van der Waals surface area contributed by atoms with Crippen molar-refractivity contribution in [2.24, 2.45) is 10.9 Å². The van der Waals surface area contributed by atoms with Crippen LogP contribution in [0, 0.1) is 5.92 Å². The Morgan fingerprint density at radius 2 is 2.06 bits per heavy atom. The molecule has 0 aromatic carbocycles. The minimum absolute atomic E-state index is 0.740. The van der Waals surface area contributed by atoms with Gasteiger partial charge in [0.15, 0.2) is 5.96 Å². The zero-order valence-electron chi connectivity index (χ0n) is 11.5. The molecule has 100 valence electrons. The topological polar surface area (TPSA) is 36.4 Å². The summed E-state index contributed by atoms with van der Waals surface area (Å²) in [5.74, 6) is 3.75. The van der Waals surface area contributed by atoms with Gasteiger partial charge in [0.1, 0.15) is 0 Å². The molecule has 4 heteroatoms. The Kier molecular flexibility index (Phi) is 11.4. The van der Waals surface area contributed by atoms with E-state index in [0.29, 0.717) is 0 Å². The third kappa shape index (κ3) is 9.10. The second-order valence-electron chi connectivity index (χ2n) is 3.93. The summed E-state index contributed by atoms with van der Waals surface area (Å²) in [6, 6.07) is 0. The van der Waals surface area contributed by atoms with Crippen LogP contribution in [0.3, 0.4) is 0 Å². The Bertz CT molecular complexity index is 213. The highest BCUT2D eigenvalue weighted by molar-refractivity contribution is 7.99. The van der Waals surface area contributed by atoms with E-state index < -0.39 is 0 Å². The summed E-state index contributed by atoms with van der Waals surface area (Å²) in [5, 5.41) is 6.69. The second kappa shape index (κ2) is 11.8. The Morgan fingerprint density at radius 3 is 2.59 bits per heavy atom. The summed E-state index contributed by atoms with van der Waals surface area (Å²) in [5.41, 5.74) is 0. The lowest BCUT2D eigenvalue weighted by atomic mass is 10.0. The van der Waals surface area contributed by atoms with Gasteiger partial charge < -0.3 is 10.6 Å². The summed E-state index contributed by atoms with van der Waals surface area (Å²) >= 11 is 1.88. The predicted molar refractivity (Wildman–Crippen MR) is 81.0 cm³/mol. The normalized spacial score (nSPS) is 11.6. The quantitative estimate of drug-likeness (QED) is 0.288. The molecule has 0 unspecified atom stereocenters. The fourth-order valence-electron chi connectivity index (χ4n) is 1.45. The highest BCUT2D eigenvalue weighted by Gasteiger charge is 2.04. The van der Waals surface area contributed by atoms with Crippen molar-refractivity contribution in [3.05, 3.63) is 12.7 Å². The van der Waals surface area contributed by atoms with Crippen LogP contribution in [0.25, 0.3) is 0 Å². The Balaban J connectivity index is 3.66. The largest absolute Gasteiger partial charge is 0.356 e. The van der Waals surface area contributed by atoms with Gasteiger partial charge in [0, 0.05) is 31.6 Å². The van der Waals surface area contributed by atoms with Crippen LogP contribution in [0.5, 0.6) is 0 Å². The first-order chi connectivity index (χ1) is 8.28. The molecular weight excluding hydrogens is 230 g/mol. The maximum absolute atomic E-state index is 4.21.